The number of halogens is 1. The lowest BCUT2D eigenvalue weighted by atomic mass is 10.1. The third-order valence-electron chi connectivity index (χ3n) is 2.62. The lowest BCUT2D eigenvalue weighted by Crippen LogP contribution is -2.12. The summed E-state index contributed by atoms with van der Waals surface area (Å²) >= 11 is 3.46. The molecule has 0 radical (unpaired) electrons. The van der Waals surface area contributed by atoms with Gasteiger partial charge in [-0.1, -0.05) is 22.9 Å². The highest BCUT2D eigenvalue weighted by Gasteiger charge is 2.12. The number of hydrogen-bond acceptors (Lipinski definition) is 3. The van der Waals surface area contributed by atoms with Crippen molar-refractivity contribution in [1.29, 1.82) is 0 Å². The van der Waals surface area contributed by atoms with Gasteiger partial charge in [0.05, 0.1) is 0 Å². The molecule has 1 aromatic carbocycles. The quantitative estimate of drug-likeness (QED) is 0.937. The van der Waals surface area contributed by atoms with E-state index >= 15 is 0 Å². The Balaban J connectivity index is 2.35. The van der Waals surface area contributed by atoms with Crippen LogP contribution < -0.4 is 5.32 Å². The van der Waals surface area contributed by atoms with E-state index in [1.54, 1.807) is 0 Å². The van der Waals surface area contributed by atoms with Crippen molar-refractivity contribution in [2.45, 2.75) is 20.4 Å². The number of aromatic nitrogens is 1. The van der Waals surface area contributed by atoms with E-state index in [1.165, 1.54) is 12.0 Å². The van der Waals surface area contributed by atoms with Crippen LogP contribution in [0, 0.1) is 6.92 Å². The first-order valence-corrected chi connectivity index (χ1v) is 6.41. The summed E-state index contributed by atoms with van der Waals surface area (Å²) < 4.78 is 6.58. The highest BCUT2D eigenvalue weighted by Crippen LogP contribution is 2.28. The number of benzene rings is 1. The summed E-state index contributed by atoms with van der Waals surface area (Å²) in [6.07, 6.45) is 1.50. The van der Waals surface area contributed by atoms with Crippen LogP contribution in [-0.4, -0.2) is 11.5 Å². The fraction of sp³-hybridized carbons (Fsp3) is 0.308. The minimum Gasteiger partial charge on any atom is -0.443 e. The van der Waals surface area contributed by atoms with E-state index < -0.39 is 0 Å². The Hall–Kier alpha value is -1.13. The number of rotatable bonds is 4. The van der Waals surface area contributed by atoms with E-state index in [9.17, 15) is 0 Å². The molecule has 0 aliphatic heterocycles. The lowest BCUT2D eigenvalue weighted by Gasteiger charge is -2.05. The first kappa shape index (κ1) is 12.3. The van der Waals surface area contributed by atoms with Gasteiger partial charge in [0.25, 0.3) is 0 Å². The van der Waals surface area contributed by atoms with Gasteiger partial charge in [-0.05, 0) is 37.2 Å². The van der Waals surface area contributed by atoms with E-state index in [-0.39, 0.29) is 0 Å². The van der Waals surface area contributed by atoms with Crippen LogP contribution >= 0.6 is 15.9 Å². The first-order chi connectivity index (χ1) is 8.22. The Labute approximate surface area is 109 Å². The molecule has 0 amide bonds. The smallest absolute Gasteiger partial charge is 0.181 e. The first-order valence-electron chi connectivity index (χ1n) is 5.62. The molecule has 0 atom stereocenters. The Morgan fingerprint density at radius 1 is 1.41 bits per heavy atom. The summed E-state index contributed by atoms with van der Waals surface area (Å²) in [5.74, 6) is 0.857. The molecule has 2 aromatic rings. The summed E-state index contributed by atoms with van der Waals surface area (Å²) in [6.45, 7) is 5.80. The second kappa shape index (κ2) is 5.47. The Kier molecular flexibility index (Phi) is 3.97. The normalized spacial score (nSPS) is 10.8. The standard InChI is InChI=1S/C13H15BrN2O/c1-3-15-7-12-13(17-8-16-12)11-5-4-10(14)6-9(11)2/h4-6,8,15H,3,7H2,1-2H3. The van der Waals surface area contributed by atoms with Crippen molar-refractivity contribution in [2.75, 3.05) is 6.54 Å². The molecule has 1 heterocycles. The fourth-order valence-corrected chi connectivity index (χ4v) is 2.21. The van der Waals surface area contributed by atoms with Gasteiger partial charge in [-0.3, -0.25) is 0 Å². The monoisotopic (exact) mass is 294 g/mol. The van der Waals surface area contributed by atoms with Crippen molar-refractivity contribution in [2.24, 2.45) is 0 Å². The maximum atomic E-state index is 5.50. The molecule has 0 fully saturated rings. The van der Waals surface area contributed by atoms with Gasteiger partial charge >= 0.3 is 0 Å². The Morgan fingerprint density at radius 2 is 2.24 bits per heavy atom. The molecule has 0 spiro atoms. The summed E-state index contributed by atoms with van der Waals surface area (Å²) in [6, 6.07) is 6.14. The second-order valence-electron chi connectivity index (χ2n) is 3.87. The predicted octanol–water partition coefficient (Wildman–Crippen LogP) is 3.52. The van der Waals surface area contributed by atoms with E-state index in [0.717, 1.165) is 34.6 Å². The number of hydrogen-bond donors (Lipinski definition) is 1. The average Bonchev–Trinajstić information content (AvgIpc) is 2.74. The van der Waals surface area contributed by atoms with Crippen molar-refractivity contribution in [3.63, 3.8) is 0 Å². The molecule has 0 bridgehead atoms. The minimum atomic E-state index is 0.734. The number of nitrogens with zero attached hydrogens (tertiary/aromatic N) is 1. The van der Waals surface area contributed by atoms with Crippen LogP contribution in [0.25, 0.3) is 11.3 Å². The molecule has 0 unspecified atom stereocenters. The zero-order valence-electron chi connectivity index (χ0n) is 9.96. The van der Waals surface area contributed by atoms with Gasteiger partial charge in [0.2, 0.25) is 0 Å². The number of aryl methyl sites for hydroxylation is 1. The van der Waals surface area contributed by atoms with E-state index in [0.29, 0.717) is 0 Å². The fourth-order valence-electron chi connectivity index (χ4n) is 1.74. The topological polar surface area (TPSA) is 38.1 Å². The van der Waals surface area contributed by atoms with Crippen LogP contribution in [0.2, 0.25) is 0 Å². The molecule has 17 heavy (non-hydrogen) atoms. The van der Waals surface area contributed by atoms with Gasteiger partial charge in [-0.25, -0.2) is 4.98 Å². The maximum absolute atomic E-state index is 5.50. The summed E-state index contributed by atoms with van der Waals surface area (Å²) in [5.41, 5.74) is 3.23. The van der Waals surface area contributed by atoms with Gasteiger partial charge in [-0.15, -0.1) is 0 Å². The van der Waals surface area contributed by atoms with Gasteiger partial charge < -0.3 is 9.73 Å². The highest BCUT2D eigenvalue weighted by molar-refractivity contribution is 9.10. The lowest BCUT2D eigenvalue weighted by molar-refractivity contribution is 0.569. The van der Waals surface area contributed by atoms with Gasteiger partial charge in [-0.2, -0.15) is 0 Å². The molecule has 0 saturated carbocycles. The summed E-state index contributed by atoms with van der Waals surface area (Å²) in [7, 11) is 0. The molecular weight excluding hydrogens is 280 g/mol. The Morgan fingerprint density at radius 3 is 2.94 bits per heavy atom. The van der Waals surface area contributed by atoms with Gasteiger partial charge in [0, 0.05) is 16.6 Å². The van der Waals surface area contributed by atoms with E-state index in [1.807, 2.05) is 6.07 Å². The minimum absolute atomic E-state index is 0.734. The van der Waals surface area contributed by atoms with Gasteiger partial charge in [0.1, 0.15) is 5.69 Å². The third kappa shape index (κ3) is 2.76. The van der Waals surface area contributed by atoms with Crippen LogP contribution in [0.4, 0.5) is 0 Å². The van der Waals surface area contributed by atoms with Crippen LogP contribution in [0.1, 0.15) is 18.2 Å². The number of oxazole rings is 1. The van der Waals surface area contributed by atoms with E-state index in [4.69, 9.17) is 4.42 Å². The molecule has 3 nitrogen and oxygen atoms in total. The SMILES string of the molecule is CCNCc1ncoc1-c1ccc(Br)cc1C. The van der Waals surface area contributed by atoms with Crippen molar-refractivity contribution in [3.05, 3.63) is 40.3 Å². The van der Waals surface area contributed by atoms with Crippen LogP contribution in [0.3, 0.4) is 0 Å². The van der Waals surface area contributed by atoms with Crippen molar-refractivity contribution < 1.29 is 4.42 Å². The zero-order chi connectivity index (χ0) is 12.3. The predicted molar refractivity (Wildman–Crippen MR) is 71.8 cm³/mol. The molecule has 0 aliphatic carbocycles. The highest BCUT2D eigenvalue weighted by atomic mass is 79.9. The zero-order valence-corrected chi connectivity index (χ0v) is 11.5. The van der Waals surface area contributed by atoms with E-state index in [2.05, 4.69) is 52.2 Å². The number of nitrogens with one attached hydrogen (secondary N) is 1. The largest absolute Gasteiger partial charge is 0.443 e. The molecule has 2 rings (SSSR count). The molecule has 1 N–H and O–H groups in total. The van der Waals surface area contributed by atoms with Crippen LogP contribution in [-0.2, 0) is 6.54 Å². The molecule has 0 aliphatic rings. The van der Waals surface area contributed by atoms with Crippen molar-refractivity contribution >= 4 is 15.9 Å². The second-order valence-corrected chi connectivity index (χ2v) is 4.78. The summed E-state index contributed by atoms with van der Waals surface area (Å²) in [5, 5.41) is 3.26. The average molecular weight is 295 g/mol. The van der Waals surface area contributed by atoms with Gasteiger partial charge in [0.15, 0.2) is 12.2 Å². The Bertz CT molecular complexity index is 508. The molecule has 90 valence electrons. The molecule has 1 aromatic heterocycles. The summed E-state index contributed by atoms with van der Waals surface area (Å²) in [4.78, 5) is 4.25. The molecule has 4 heteroatoms. The maximum Gasteiger partial charge on any atom is 0.181 e. The van der Waals surface area contributed by atoms with Crippen molar-refractivity contribution in [1.82, 2.24) is 10.3 Å². The molecular formula is C13H15BrN2O. The molecule has 0 saturated heterocycles. The van der Waals surface area contributed by atoms with Crippen LogP contribution in [0.5, 0.6) is 0 Å². The third-order valence-corrected chi connectivity index (χ3v) is 3.11. The van der Waals surface area contributed by atoms with Crippen LogP contribution in [0.15, 0.2) is 33.5 Å². The van der Waals surface area contributed by atoms with Crippen molar-refractivity contribution in [3.8, 4) is 11.3 Å².